The Morgan fingerprint density at radius 2 is 1.44 bits per heavy atom. The second kappa shape index (κ2) is 10.6. The highest BCUT2D eigenvalue weighted by atomic mass is 16.3. The number of nitrogens with zero attached hydrogens (tertiary/aromatic N) is 3. The Kier molecular flexibility index (Phi) is 6.77. The van der Waals surface area contributed by atoms with Crippen molar-refractivity contribution in [2.24, 2.45) is 0 Å². The fraction of sp³-hybridized carbons (Fsp3) is 0.220. The number of anilines is 3. The highest BCUT2D eigenvalue weighted by Gasteiger charge is 2.37. The fourth-order valence-corrected chi connectivity index (χ4v) is 7.27. The zero-order valence-electron chi connectivity index (χ0n) is 27.1. The zero-order chi connectivity index (χ0) is 31.6. The van der Waals surface area contributed by atoms with Crippen molar-refractivity contribution in [1.82, 2.24) is 9.97 Å². The maximum absolute atomic E-state index is 11.1. The summed E-state index contributed by atoms with van der Waals surface area (Å²) < 4.78 is 0. The lowest BCUT2D eigenvalue weighted by Gasteiger charge is -2.41. The van der Waals surface area contributed by atoms with Gasteiger partial charge in [0.2, 0.25) is 0 Å². The lowest BCUT2D eigenvalue weighted by atomic mass is 9.73. The lowest BCUT2D eigenvalue weighted by molar-refractivity contribution is 0.470. The van der Waals surface area contributed by atoms with Gasteiger partial charge in [-0.1, -0.05) is 93.9 Å². The van der Waals surface area contributed by atoms with Gasteiger partial charge in [-0.25, -0.2) is 9.97 Å². The van der Waals surface area contributed by atoms with E-state index in [4.69, 9.17) is 9.97 Å². The quantitative estimate of drug-likeness (QED) is 0.222. The van der Waals surface area contributed by atoms with Gasteiger partial charge < -0.3 is 5.11 Å². The molecule has 4 nitrogen and oxygen atoms in total. The van der Waals surface area contributed by atoms with E-state index in [0.29, 0.717) is 5.52 Å². The molecular formula is C41H39N3O. The van der Waals surface area contributed by atoms with Crippen LogP contribution in [0, 0.1) is 20.8 Å². The van der Waals surface area contributed by atoms with E-state index in [1.165, 1.54) is 33.4 Å². The molecule has 3 heterocycles. The first-order valence-electron chi connectivity index (χ1n) is 15.8. The van der Waals surface area contributed by atoms with Crippen LogP contribution in [0.2, 0.25) is 0 Å². The predicted molar refractivity (Wildman–Crippen MR) is 187 cm³/mol. The summed E-state index contributed by atoms with van der Waals surface area (Å²) in [5, 5.41) is 12.1. The summed E-state index contributed by atoms with van der Waals surface area (Å²) in [7, 11) is 0. The first-order valence-corrected chi connectivity index (χ1v) is 15.8. The molecule has 0 unspecified atom stereocenters. The second-order valence-corrected chi connectivity index (χ2v) is 13.3. The molecular weight excluding hydrogens is 550 g/mol. The van der Waals surface area contributed by atoms with Gasteiger partial charge in [0.15, 0.2) is 0 Å². The molecule has 6 aromatic rings. The lowest BCUT2D eigenvalue weighted by Crippen LogP contribution is -2.31. The van der Waals surface area contributed by atoms with Gasteiger partial charge in [0.05, 0.1) is 17.1 Å². The average Bonchev–Trinajstić information content (AvgIpc) is 3.01. The summed E-state index contributed by atoms with van der Waals surface area (Å²) in [6.07, 6.45) is 1.93. The number of hydrogen-bond acceptors (Lipinski definition) is 4. The van der Waals surface area contributed by atoms with Crippen LogP contribution < -0.4 is 4.90 Å². The molecule has 1 aliphatic rings. The molecule has 0 radical (unpaired) electrons. The summed E-state index contributed by atoms with van der Waals surface area (Å²) >= 11 is 0. The number of phenolic OH excluding ortho intramolecular Hbond substituents is 1. The number of pyridine rings is 2. The Hall–Kier alpha value is -4.96. The van der Waals surface area contributed by atoms with Crippen molar-refractivity contribution in [3.63, 3.8) is 0 Å². The molecule has 0 amide bonds. The van der Waals surface area contributed by atoms with Crippen LogP contribution >= 0.6 is 0 Å². The van der Waals surface area contributed by atoms with Crippen LogP contribution in [0.4, 0.5) is 17.2 Å². The van der Waals surface area contributed by atoms with Crippen molar-refractivity contribution in [3.8, 4) is 28.1 Å². The smallest absolute Gasteiger partial charge is 0.145 e. The number of hydrogen-bond donors (Lipinski definition) is 1. The molecule has 2 aromatic heterocycles. The maximum Gasteiger partial charge on any atom is 0.145 e. The third-order valence-corrected chi connectivity index (χ3v) is 9.45. The standard InChI is InChI=1S/C41H39N3O/c1-24(2)31-15-12-28-14-17-34(43-39(28)40(31)45)29-13-16-33-36(22-29)44(35-11-9-8-10-32(35)41(33,6)7)37-23-30(18-19-42-37)38-26(4)20-25(3)21-27(38)5/h8-24,45H,1-7H3. The van der Waals surface area contributed by atoms with Crippen molar-refractivity contribution < 1.29 is 5.11 Å². The van der Waals surface area contributed by atoms with Gasteiger partial charge in [0.25, 0.3) is 0 Å². The molecule has 0 aliphatic carbocycles. The number of aryl methyl sites for hydroxylation is 3. The van der Waals surface area contributed by atoms with Crippen LogP contribution in [0.3, 0.4) is 0 Å². The van der Waals surface area contributed by atoms with Crippen LogP contribution in [0.5, 0.6) is 5.75 Å². The summed E-state index contributed by atoms with van der Waals surface area (Å²) in [4.78, 5) is 12.3. The van der Waals surface area contributed by atoms with Crippen LogP contribution in [-0.2, 0) is 5.41 Å². The van der Waals surface area contributed by atoms with Crippen LogP contribution in [0.1, 0.15) is 67.0 Å². The third kappa shape index (κ3) is 4.67. The third-order valence-electron chi connectivity index (χ3n) is 9.45. The molecule has 1 aliphatic heterocycles. The highest BCUT2D eigenvalue weighted by Crippen LogP contribution is 2.52. The van der Waals surface area contributed by atoms with Crippen molar-refractivity contribution >= 4 is 28.1 Å². The number of benzene rings is 4. The second-order valence-electron chi connectivity index (χ2n) is 13.3. The van der Waals surface area contributed by atoms with Gasteiger partial charge in [-0.3, -0.25) is 4.90 Å². The summed E-state index contributed by atoms with van der Waals surface area (Å²) in [6, 6.07) is 32.3. The van der Waals surface area contributed by atoms with Crippen molar-refractivity contribution in [2.75, 3.05) is 4.90 Å². The topological polar surface area (TPSA) is 49.2 Å². The van der Waals surface area contributed by atoms with Crippen molar-refractivity contribution in [1.29, 1.82) is 0 Å². The molecule has 0 fully saturated rings. The predicted octanol–water partition coefficient (Wildman–Crippen LogP) is 10.8. The van der Waals surface area contributed by atoms with Crippen molar-refractivity contribution in [2.45, 2.75) is 59.8 Å². The number of fused-ring (bicyclic) bond motifs is 3. The van der Waals surface area contributed by atoms with E-state index in [-0.39, 0.29) is 17.1 Å². The Morgan fingerprint density at radius 3 is 2.20 bits per heavy atom. The number of para-hydroxylation sites is 1. The molecule has 0 saturated heterocycles. The summed E-state index contributed by atoms with van der Waals surface area (Å²) in [5.41, 5.74) is 14.0. The van der Waals surface area contributed by atoms with Gasteiger partial charge in [-0.05, 0) is 96.0 Å². The normalized spacial score (nSPS) is 13.6. The first-order chi connectivity index (χ1) is 21.5. The zero-order valence-corrected chi connectivity index (χ0v) is 27.1. The highest BCUT2D eigenvalue weighted by molar-refractivity contribution is 5.91. The van der Waals surface area contributed by atoms with Crippen LogP contribution in [0.15, 0.2) is 97.2 Å². The van der Waals surface area contributed by atoms with E-state index >= 15 is 0 Å². The SMILES string of the molecule is Cc1cc(C)c(-c2ccnc(N3c4ccccc4C(C)(C)c4ccc(-c5ccc6ccc(C(C)C)c(O)c6n5)cc43)c2)c(C)c1. The Morgan fingerprint density at radius 1 is 0.733 bits per heavy atom. The van der Waals surface area contributed by atoms with Crippen LogP contribution in [0.25, 0.3) is 33.3 Å². The molecule has 45 heavy (non-hydrogen) atoms. The monoisotopic (exact) mass is 589 g/mol. The molecule has 0 atom stereocenters. The van der Waals surface area contributed by atoms with E-state index in [1.807, 2.05) is 24.4 Å². The summed E-state index contributed by atoms with van der Waals surface area (Å²) in [5.74, 6) is 1.34. The van der Waals surface area contributed by atoms with E-state index in [1.54, 1.807) is 0 Å². The minimum atomic E-state index is -0.218. The van der Waals surface area contributed by atoms with E-state index in [9.17, 15) is 5.11 Å². The van der Waals surface area contributed by atoms with Gasteiger partial charge in [-0.15, -0.1) is 0 Å². The molecule has 4 aromatic carbocycles. The molecule has 224 valence electrons. The maximum atomic E-state index is 11.1. The van der Waals surface area contributed by atoms with Crippen molar-refractivity contribution in [3.05, 3.63) is 131 Å². The average molecular weight is 590 g/mol. The fourth-order valence-electron chi connectivity index (χ4n) is 7.27. The molecule has 1 N–H and O–H groups in total. The van der Waals surface area contributed by atoms with E-state index < -0.39 is 0 Å². The first kappa shape index (κ1) is 28.8. The minimum absolute atomic E-state index is 0.204. The van der Waals surface area contributed by atoms with E-state index in [2.05, 4.69) is 126 Å². The summed E-state index contributed by atoms with van der Waals surface area (Å²) in [6.45, 7) is 15.3. The number of aromatic hydroxyl groups is 1. The Bertz CT molecular complexity index is 2100. The molecule has 0 spiro atoms. The van der Waals surface area contributed by atoms with Gasteiger partial charge in [-0.2, -0.15) is 0 Å². The number of phenols is 1. The largest absolute Gasteiger partial charge is 0.505 e. The van der Waals surface area contributed by atoms with Crippen LogP contribution in [-0.4, -0.2) is 15.1 Å². The minimum Gasteiger partial charge on any atom is -0.505 e. The molecule has 0 saturated carbocycles. The van der Waals surface area contributed by atoms with E-state index in [0.717, 1.165) is 45.0 Å². The van der Waals surface area contributed by atoms with Gasteiger partial charge in [0, 0.05) is 22.6 Å². The van der Waals surface area contributed by atoms with Gasteiger partial charge in [0.1, 0.15) is 17.1 Å². The molecule has 4 heteroatoms. The Labute approximate surface area is 266 Å². The van der Waals surface area contributed by atoms with Gasteiger partial charge >= 0.3 is 0 Å². The number of aromatic nitrogens is 2. The number of rotatable bonds is 4. The Balaban J connectivity index is 1.43. The molecule has 7 rings (SSSR count). The molecule has 0 bridgehead atoms.